The molecule has 0 spiro atoms. The summed E-state index contributed by atoms with van der Waals surface area (Å²) in [4.78, 5) is 12.2. The van der Waals surface area contributed by atoms with Crippen molar-refractivity contribution in [2.75, 3.05) is 19.8 Å². The van der Waals surface area contributed by atoms with Gasteiger partial charge in [-0.3, -0.25) is 4.79 Å². The summed E-state index contributed by atoms with van der Waals surface area (Å²) >= 11 is 0. The molecule has 0 fully saturated rings. The molecule has 0 bridgehead atoms. The zero-order valence-electron chi connectivity index (χ0n) is 33.3. The Hall–Kier alpha value is -2.43. The number of unbranched alkanes of at least 4 members (excludes halogenated alkanes) is 16. The lowest BCUT2D eigenvalue weighted by atomic mass is 10.1. The second-order valence-corrected chi connectivity index (χ2v) is 13.7. The van der Waals surface area contributed by atoms with Crippen molar-refractivity contribution in [3.05, 3.63) is 85.1 Å². The van der Waals surface area contributed by atoms with Crippen molar-refractivity contribution in [1.29, 1.82) is 0 Å². The zero-order chi connectivity index (χ0) is 37.0. The minimum atomic E-state index is -0.554. The van der Waals surface area contributed by atoms with Gasteiger partial charge in [0.1, 0.15) is 6.10 Å². The van der Waals surface area contributed by atoms with E-state index >= 15 is 0 Å². The third-order valence-corrected chi connectivity index (χ3v) is 8.70. The molecule has 1 atom stereocenters. The molecule has 4 heteroatoms. The lowest BCUT2D eigenvalue weighted by Gasteiger charge is -2.15. The van der Waals surface area contributed by atoms with Gasteiger partial charge >= 0.3 is 5.97 Å². The Kier molecular flexibility index (Phi) is 41.6. The number of hydrogen-bond acceptors (Lipinski definition) is 4. The molecule has 4 nitrogen and oxygen atoms in total. The SMILES string of the molecule is CC/C=C\C/C=C\C/C=C\C/C=C\C/C=C\C/C=C\CCCCCCCOCC(CO)OC(=O)CCCCCCC/C=C\CCCCCCCC. The van der Waals surface area contributed by atoms with Crippen molar-refractivity contribution in [2.24, 2.45) is 0 Å². The Morgan fingerprint density at radius 1 is 0.490 bits per heavy atom. The number of hydrogen-bond donors (Lipinski definition) is 1. The number of ether oxygens (including phenoxy) is 2. The highest BCUT2D eigenvalue weighted by molar-refractivity contribution is 5.69. The Labute approximate surface area is 316 Å². The van der Waals surface area contributed by atoms with E-state index in [0.717, 1.165) is 77.0 Å². The quantitative estimate of drug-likeness (QED) is 0.0394. The summed E-state index contributed by atoms with van der Waals surface area (Å²) in [6, 6.07) is 0. The van der Waals surface area contributed by atoms with Gasteiger partial charge in [0.25, 0.3) is 0 Å². The summed E-state index contributed by atoms with van der Waals surface area (Å²) < 4.78 is 11.1. The Balaban J connectivity index is 3.54. The first-order chi connectivity index (χ1) is 25.2. The molecule has 0 radical (unpaired) electrons. The van der Waals surface area contributed by atoms with Gasteiger partial charge in [-0.15, -0.1) is 0 Å². The number of carbonyl (C=O) groups is 1. The average Bonchev–Trinajstić information content (AvgIpc) is 3.14. The highest BCUT2D eigenvalue weighted by Gasteiger charge is 2.13. The predicted molar refractivity (Wildman–Crippen MR) is 223 cm³/mol. The molecule has 292 valence electrons. The lowest BCUT2D eigenvalue weighted by Crippen LogP contribution is -2.27. The van der Waals surface area contributed by atoms with Crippen molar-refractivity contribution in [3.63, 3.8) is 0 Å². The largest absolute Gasteiger partial charge is 0.457 e. The number of esters is 1. The first kappa shape index (κ1) is 48.6. The van der Waals surface area contributed by atoms with Crippen LogP contribution < -0.4 is 0 Å². The topological polar surface area (TPSA) is 55.8 Å². The average molecular weight is 709 g/mol. The number of aliphatic hydroxyl groups is 1. The van der Waals surface area contributed by atoms with E-state index in [-0.39, 0.29) is 19.2 Å². The van der Waals surface area contributed by atoms with E-state index in [4.69, 9.17) is 9.47 Å². The molecule has 0 aromatic carbocycles. The Bertz CT molecular complexity index is 923. The summed E-state index contributed by atoms with van der Waals surface area (Å²) in [7, 11) is 0. The van der Waals surface area contributed by atoms with Crippen LogP contribution in [0.1, 0.15) is 181 Å². The molecule has 0 aliphatic heterocycles. The third kappa shape index (κ3) is 41.9. The highest BCUT2D eigenvalue weighted by atomic mass is 16.6. The maximum atomic E-state index is 12.2. The van der Waals surface area contributed by atoms with E-state index in [2.05, 4.69) is 98.9 Å². The lowest BCUT2D eigenvalue weighted by molar-refractivity contribution is -0.154. The number of carbonyl (C=O) groups excluding carboxylic acids is 1. The van der Waals surface area contributed by atoms with Crippen molar-refractivity contribution in [2.45, 2.75) is 187 Å². The molecule has 51 heavy (non-hydrogen) atoms. The van der Waals surface area contributed by atoms with E-state index in [9.17, 15) is 9.90 Å². The summed E-state index contributed by atoms with van der Waals surface area (Å²) in [5.41, 5.74) is 0. The van der Waals surface area contributed by atoms with Gasteiger partial charge in [0, 0.05) is 13.0 Å². The van der Waals surface area contributed by atoms with Gasteiger partial charge in [0.05, 0.1) is 13.2 Å². The van der Waals surface area contributed by atoms with Crippen LogP contribution in [0.2, 0.25) is 0 Å². The predicted octanol–water partition coefficient (Wildman–Crippen LogP) is 14.0. The molecular formula is C47H80O4. The molecule has 0 aromatic heterocycles. The number of allylic oxidation sites excluding steroid dienone is 14. The van der Waals surface area contributed by atoms with Gasteiger partial charge in [0.15, 0.2) is 0 Å². The zero-order valence-corrected chi connectivity index (χ0v) is 33.3. The minimum absolute atomic E-state index is 0.188. The van der Waals surface area contributed by atoms with Crippen LogP contribution in [0, 0.1) is 0 Å². The Morgan fingerprint density at radius 2 is 0.882 bits per heavy atom. The fourth-order valence-corrected chi connectivity index (χ4v) is 5.56. The standard InChI is InChI=1S/C47H80O4/c1-3-5-7-9-11-13-15-17-19-20-21-22-23-24-25-26-27-29-31-33-35-37-39-41-43-50-45-46(44-48)51-47(49)42-40-38-36-34-32-30-28-18-16-14-12-10-8-6-4-2/h5,7,11,13,17-19,21-22,24-25,27-29,46,48H,3-4,6,8-10,12,14-16,20,23,26,30-45H2,1-2H3/b7-5-,13-11-,19-17-,22-21-,25-24-,28-18-,29-27-. The first-order valence-corrected chi connectivity index (χ1v) is 21.2. The van der Waals surface area contributed by atoms with Gasteiger partial charge in [-0.05, 0) is 89.9 Å². The van der Waals surface area contributed by atoms with Crippen LogP contribution in [0.15, 0.2) is 85.1 Å². The normalized spacial score (nSPS) is 13.2. The van der Waals surface area contributed by atoms with Crippen LogP contribution in [-0.4, -0.2) is 37.0 Å². The molecule has 0 saturated heterocycles. The highest BCUT2D eigenvalue weighted by Crippen LogP contribution is 2.11. The van der Waals surface area contributed by atoms with Crippen molar-refractivity contribution in [3.8, 4) is 0 Å². The summed E-state index contributed by atoms with van der Waals surface area (Å²) in [6.07, 6.45) is 60.7. The van der Waals surface area contributed by atoms with Crippen LogP contribution >= 0.6 is 0 Å². The van der Waals surface area contributed by atoms with E-state index in [1.165, 1.54) is 83.5 Å². The maximum absolute atomic E-state index is 12.2. The molecular weight excluding hydrogens is 629 g/mol. The molecule has 1 unspecified atom stereocenters. The number of rotatable bonds is 38. The van der Waals surface area contributed by atoms with Crippen molar-refractivity contribution in [1.82, 2.24) is 0 Å². The molecule has 0 amide bonds. The van der Waals surface area contributed by atoms with Gasteiger partial charge in [0.2, 0.25) is 0 Å². The molecule has 0 heterocycles. The van der Waals surface area contributed by atoms with Gasteiger partial charge < -0.3 is 14.6 Å². The van der Waals surface area contributed by atoms with Gasteiger partial charge in [-0.1, -0.05) is 170 Å². The molecule has 0 aliphatic carbocycles. The molecule has 1 N–H and O–H groups in total. The third-order valence-electron chi connectivity index (χ3n) is 8.70. The van der Waals surface area contributed by atoms with Crippen LogP contribution in [0.5, 0.6) is 0 Å². The maximum Gasteiger partial charge on any atom is 0.306 e. The van der Waals surface area contributed by atoms with Crippen molar-refractivity contribution >= 4 is 5.97 Å². The molecule has 0 aliphatic rings. The fourth-order valence-electron chi connectivity index (χ4n) is 5.56. The molecule has 0 rings (SSSR count). The molecule has 0 aromatic rings. The van der Waals surface area contributed by atoms with Gasteiger partial charge in [-0.25, -0.2) is 0 Å². The fraction of sp³-hybridized carbons (Fsp3) is 0.681. The summed E-state index contributed by atoms with van der Waals surface area (Å²) in [5, 5.41) is 9.59. The van der Waals surface area contributed by atoms with Crippen LogP contribution in [0.4, 0.5) is 0 Å². The van der Waals surface area contributed by atoms with E-state index < -0.39 is 6.10 Å². The summed E-state index contributed by atoms with van der Waals surface area (Å²) in [6.45, 7) is 5.16. The van der Waals surface area contributed by atoms with Crippen LogP contribution in [-0.2, 0) is 14.3 Å². The van der Waals surface area contributed by atoms with Crippen LogP contribution in [0.25, 0.3) is 0 Å². The van der Waals surface area contributed by atoms with E-state index in [1.54, 1.807) is 0 Å². The van der Waals surface area contributed by atoms with Crippen molar-refractivity contribution < 1.29 is 19.4 Å². The smallest absolute Gasteiger partial charge is 0.306 e. The first-order valence-electron chi connectivity index (χ1n) is 21.2. The van der Waals surface area contributed by atoms with E-state index in [1.807, 2.05) is 0 Å². The van der Waals surface area contributed by atoms with E-state index in [0.29, 0.717) is 13.0 Å². The second-order valence-electron chi connectivity index (χ2n) is 13.7. The molecule has 0 saturated carbocycles. The van der Waals surface area contributed by atoms with Crippen LogP contribution in [0.3, 0.4) is 0 Å². The minimum Gasteiger partial charge on any atom is -0.457 e. The monoisotopic (exact) mass is 709 g/mol. The van der Waals surface area contributed by atoms with Gasteiger partial charge in [-0.2, -0.15) is 0 Å². The second kappa shape index (κ2) is 43.7. The number of aliphatic hydroxyl groups excluding tert-OH is 1. The Morgan fingerprint density at radius 3 is 1.35 bits per heavy atom. The summed E-state index contributed by atoms with van der Waals surface area (Å²) in [5.74, 6) is -0.220.